The summed E-state index contributed by atoms with van der Waals surface area (Å²) in [6.07, 6.45) is 1.64. The van der Waals surface area contributed by atoms with Crippen LogP contribution < -0.4 is 10.4 Å². The minimum absolute atomic E-state index is 0.194. The van der Waals surface area contributed by atoms with E-state index in [0.717, 1.165) is 16.3 Å². The van der Waals surface area contributed by atoms with Gasteiger partial charge in [-0.1, -0.05) is 60.7 Å². The zero-order chi connectivity index (χ0) is 20.2. The minimum Gasteiger partial charge on any atom is -0.273 e. The summed E-state index contributed by atoms with van der Waals surface area (Å²) in [7, 11) is 0. The summed E-state index contributed by atoms with van der Waals surface area (Å²) < 4.78 is 0. The summed E-state index contributed by atoms with van der Waals surface area (Å²) in [5, 5.41) is 11.8. The average Bonchev–Trinajstić information content (AvgIpc) is 3.03. The normalized spacial score (nSPS) is 16.4. The average molecular weight is 384 g/mol. The number of carbonyl (C=O) groups excluding carboxylic acids is 2. The molecule has 1 heterocycles. The molecule has 6 heteroatoms. The number of rotatable bonds is 5. The maximum Gasteiger partial charge on any atom is 0.261 e. The van der Waals surface area contributed by atoms with Gasteiger partial charge in [-0.05, 0) is 35.4 Å². The number of anilines is 1. The molecule has 1 atom stereocenters. The van der Waals surface area contributed by atoms with Crippen LogP contribution in [-0.4, -0.2) is 23.7 Å². The van der Waals surface area contributed by atoms with E-state index in [-0.39, 0.29) is 18.2 Å². The van der Waals surface area contributed by atoms with Crippen LogP contribution >= 0.6 is 0 Å². The molecule has 1 aliphatic heterocycles. The molecule has 0 aromatic heterocycles. The Labute approximate surface area is 168 Å². The molecule has 6 nitrogen and oxygen atoms in total. The molecule has 0 spiro atoms. The van der Waals surface area contributed by atoms with Gasteiger partial charge in [0, 0.05) is 6.21 Å². The van der Waals surface area contributed by atoms with Crippen molar-refractivity contribution in [1.29, 1.82) is 0 Å². The third-order valence-corrected chi connectivity index (χ3v) is 4.83. The van der Waals surface area contributed by atoms with Crippen LogP contribution in [0.15, 0.2) is 83.0 Å². The van der Waals surface area contributed by atoms with Gasteiger partial charge < -0.3 is 0 Å². The number of nitrogens with zero attached hydrogens (tertiary/aromatic N) is 3. The first-order valence-corrected chi connectivity index (χ1v) is 9.36. The van der Waals surface area contributed by atoms with Crippen LogP contribution in [0, 0.1) is 5.92 Å². The standard InChI is InChI=1S/C23H20N4O2/c1-16-21(23(29)27(26-16)19-11-3-2-4-12-19)15-24-25-22(28)14-18-10-7-9-17-8-5-6-13-20(17)18/h2-13,15,21H,14H2,1H3,(H,25,28)/b24-15-/t21-/m0/s1. The first-order valence-electron chi connectivity index (χ1n) is 9.36. The Morgan fingerprint density at radius 2 is 1.79 bits per heavy atom. The van der Waals surface area contributed by atoms with Gasteiger partial charge in [0.25, 0.3) is 5.91 Å². The van der Waals surface area contributed by atoms with Crippen molar-refractivity contribution in [3.05, 3.63) is 78.4 Å². The second-order valence-electron chi connectivity index (χ2n) is 6.83. The van der Waals surface area contributed by atoms with Crippen LogP contribution in [0.4, 0.5) is 5.69 Å². The molecule has 0 bridgehead atoms. The molecule has 29 heavy (non-hydrogen) atoms. The van der Waals surface area contributed by atoms with Gasteiger partial charge in [0.2, 0.25) is 5.91 Å². The molecule has 3 aromatic rings. The molecule has 0 aliphatic carbocycles. The van der Waals surface area contributed by atoms with Crippen LogP contribution in [0.1, 0.15) is 12.5 Å². The fraction of sp³-hybridized carbons (Fsp3) is 0.130. The van der Waals surface area contributed by atoms with Gasteiger partial charge in [0.15, 0.2) is 0 Å². The van der Waals surface area contributed by atoms with Gasteiger partial charge in [0.05, 0.1) is 17.8 Å². The van der Waals surface area contributed by atoms with Crippen molar-refractivity contribution in [3.8, 4) is 0 Å². The van der Waals surface area contributed by atoms with Crippen molar-refractivity contribution in [2.75, 3.05) is 5.01 Å². The molecule has 1 aliphatic rings. The maximum atomic E-state index is 12.6. The molecule has 0 saturated carbocycles. The van der Waals surface area contributed by atoms with Gasteiger partial charge in [-0.2, -0.15) is 15.2 Å². The third-order valence-electron chi connectivity index (χ3n) is 4.83. The molecule has 0 saturated heterocycles. The smallest absolute Gasteiger partial charge is 0.261 e. The van der Waals surface area contributed by atoms with E-state index in [2.05, 4.69) is 15.6 Å². The van der Waals surface area contributed by atoms with Crippen molar-refractivity contribution in [2.45, 2.75) is 13.3 Å². The number of hydrogen-bond acceptors (Lipinski definition) is 4. The number of nitrogens with one attached hydrogen (secondary N) is 1. The molecule has 0 fully saturated rings. The lowest BCUT2D eigenvalue weighted by molar-refractivity contribution is -0.120. The van der Waals surface area contributed by atoms with Crippen LogP contribution in [0.2, 0.25) is 0 Å². The highest BCUT2D eigenvalue weighted by molar-refractivity contribution is 6.23. The van der Waals surface area contributed by atoms with E-state index in [0.29, 0.717) is 11.4 Å². The van der Waals surface area contributed by atoms with E-state index in [1.807, 2.05) is 72.8 Å². The van der Waals surface area contributed by atoms with Crippen molar-refractivity contribution in [2.24, 2.45) is 16.1 Å². The maximum absolute atomic E-state index is 12.6. The topological polar surface area (TPSA) is 74.1 Å². The predicted octanol–water partition coefficient (Wildman–Crippen LogP) is 3.52. The summed E-state index contributed by atoms with van der Waals surface area (Å²) in [5.74, 6) is -1.02. The first-order chi connectivity index (χ1) is 14.1. The number of carbonyl (C=O) groups is 2. The number of fused-ring (bicyclic) bond motifs is 1. The Morgan fingerprint density at radius 1 is 1.07 bits per heavy atom. The van der Waals surface area contributed by atoms with E-state index in [1.54, 1.807) is 6.92 Å². The van der Waals surface area contributed by atoms with Crippen molar-refractivity contribution >= 4 is 40.2 Å². The molecule has 144 valence electrons. The lowest BCUT2D eigenvalue weighted by Crippen LogP contribution is -2.29. The summed E-state index contributed by atoms with van der Waals surface area (Å²) >= 11 is 0. The van der Waals surface area contributed by atoms with Crippen molar-refractivity contribution < 1.29 is 9.59 Å². The van der Waals surface area contributed by atoms with E-state index < -0.39 is 5.92 Å². The van der Waals surface area contributed by atoms with Crippen molar-refractivity contribution in [3.63, 3.8) is 0 Å². The van der Waals surface area contributed by atoms with Crippen LogP contribution in [0.3, 0.4) is 0 Å². The second kappa shape index (κ2) is 8.06. The van der Waals surface area contributed by atoms with Crippen LogP contribution in [0.25, 0.3) is 10.8 Å². The lowest BCUT2D eigenvalue weighted by atomic mass is 10.0. The minimum atomic E-state index is -0.590. The molecule has 0 unspecified atom stereocenters. The largest absolute Gasteiger partial charge is 0.273 e. The zero-order valence-electron chi connectivity index (χ0n) is 15.9. The molecule has 4 rings (SSSR count). The van der Waals surface area contributed by atoms with E-state index in [4.69, 9.17) is 0 Å². The quantitative estimate of drug-likeness (QED) is 0.540. The first kappa shape index (κ1) is 18.6. The van der Waals surface area contributed by atoms with Crippen molar-refractivity contribution in [1.82, 2.24) is 5.43 Å². The zero-order valence-corrected chi connectivity index (χ0v) is 15.9. The summed E-state index contributed by atoms with van der Waals surface area (Å²) in [6.45, 7) is 1.77. The summed E-state index contributed by atoms with van der Waals surface area (Å²) in [4.78, 5) is 25.0. The highest BCUT2D eigenvalue weighted by Crippen LogP contribution is 2.22. The van der Waals surface area contributed by atoms with Gasteiger partial charge >= 0.3 is 0 Å². The Hall–Kier alpha value is -3.80. The fourth-order valence-electron chi connectivity index (χ4n) is 3.35. The second-order valence-corrected chi connectivity index (χ2v) is 6.83. The van der Waals surface area contributed by atoms with E-state index in [1.165, 1.54) is 11.2 Å². The molecule has 2 amide bonds. The lowest BCUT2D eigenvalue weighted by Gasteiger charge is -2.12. The molecule has 0 radical (unpaired) electrons. The fourth-order valence-corrected chi connectivity index (χ4v) is 3.35. The van der Waals surface area contributed by atoms with Crippen LogP contribution in [0.5, 0.6) is 0 Å². The third kappa shape index (κ3) is 3.91. The SMILES string of the molecule is CC1=NN(c2ccccc2)C(=O)[C@H]1/C=N\NC(=O)Cc1cccc2ccccc12. The number of hydrogen-bond donors (Lipinski definition) is 1. The highest BCUT2D eigenvalue weighted by atomic mass is 16.2. The number of benzene rings is 3. The summed E-state index contributed by atoms with van der Waals surface area (Å²) in [6, 6.07) is 23.0. The summed E-state index contributed by atoms with van der Waals surface area (Å²) in [5.41, 5.74) is 4.79. The van der Waals surface area contributed by atoms with Gasteiger partial charge in [-0.25, -0.2) is 5.43 Å². The molecular weight excluding hydrogens is 364 g/mol. The molecular formula is C23H20N4O2. The van der Waals surface area contributed by atoms with Crippen LogP contribution in [-0.2, 0) is 16.0 Å². The molecule has 3 aromatic carbocycles. The number of hydrazone groups is 2. The number of amides is 2. The number of para-hydroxylation sites is 1. The van der Waals surface area contributed by atoms with Gasteiger partial charge in [0.1, 0.15) is 5.92 Å². The van der Waals surface area contributed by atoms with Gasteiger partial charge in [-0.15, -0.1) is 0 Å². The Morgan fingerprint density at radius 3 is 2.62 bits per heavy atom. The van der Waals surface area contributed by atoms with Gasteiger partial charge in [-0.3, -0.25) is 9.59 Å². The van der Waals surface area contributed by atoms with E-state index >= 15 is 0 Å². The predicted molar refractivity (Wildman–Crippen MR) is 115 cm³/mol. The highest BCUT2D eigenvalue weighted by Gasteiger charge is 2.33. The Kier molecular flexibility index (Phi) is 5.16. The Bertz CT molecular complexity index is 1120. The molecule has 1 N–H and O–H groups in total. The Balaban J connectivity index is 1.40. The monoisotopic (exact) mass is 384 g/mol. The van der Waals surface area contributed by atoms with E-state index in [9.17, 15) is 9.59 Å².